The first-order valence-electron chi connectivity index (χ1n) is 9.73. The molecule has 1 N–H and O–H groups in total. The van der Waals surface area contributed by atoms with Crippen LogP contribution in [-0.4, -0.2) is 44.4 Å². The van der Waals surface area contributed by atoms with E-state index < -0.39 is 0 Å². The van der Waals surface area contributed by atoms with Crippen LogP contribution < -0.4 is 14.8 Å². The number of rotatable bonds is 8. The molecule has 0 aromatic heterocycles. The summed E-state index contributed by atoms with van der Waals surface area (Å²) in [5, 5.41) is 3.00. The van der Waals surface area contributed by atoms with Crippen LogP contribution in [0, 0.1) is 0 Å². The zero-order valence-corrected chi connectivity index (χ0v) is 16.5. The third-order valence-corrected chi connectivity index (χ3v) is 4.73. The van der Waals surface area contributed by atoms with Crippen LogP contribution in [0.4, 0.5) is 10.5 Å². The maximum atomic E-state index is 12.9. The summed E-state index contributed by atoms with van der Waals surface area (Å²) < 4.78 is 16.1. The van der Waals surface area contributed by atoms with E-state index in [-0.39, 0.29) is 12.1 Å². The quantitative estimate of drug-likeness (QED) is 0.682. The minimum absolute atomic E-state index is 0.0804. The van der Waals surface area contributed by atoms with Crippen molar-refractivity contribution in [1.82, 2.24) is 4.90 Å². The molecule has 1 unspecified atom stereocenters. The predicted molar refractivity (Wildman–Crippen MR) is 109 cm³/mol. The van der Waals surface area contributed by atoms with Gasteiger partial charge in [-0.3, -0.25) is 0 Å². The molecule has 0 saturated carbocycles. The molecule has 6 heteroatoms. The van der Waals surface area contributed by atoms with Gasteiger partial charge in [0.05, 0.1) is 19.3 Å². The highest BCUT2D eigenvalue weighted by atomic mass is 16.5. The van der Waals surface area contributed by atoms with Crippen LogP contribution in [0.5, 0.6) is 11.5 Å². The predicted octanol–water partition coefficient (Wildman–Crippen LogP) is 4.48. The summed E-state index contributed by atoms with van der Waals surface area (Å²) in [6, 6.07) is 15.4. The van der Waals surface area contributed by atoms with Gasteiger partial charge in [-0.15, -0.1) is 0 Å². The summed E-state index contributed by atoms with van der Waals surface area (Å²) in [5.74, 6) is 1.56. The van der Waals surface area contributed by atoms with E-state index in [4.69, 9.17) is 14.2 Å². The van der Waals surface area contributed by atoms with Crippen molar-refractivity contribution in [1.29, 1.82) is 0 Å². The van der Waals surface area contributed by atoms with Crippen molar-refractivity contribution in [2.45, 2.75) is 25.8 Å². The topological polar surface area (TPSA) is 60.0 Å². The molecule has 1 atom stereocenters. The number of nitrogens with one attached hydrogen (secondary N) is 1. The number of nitrogens with zero attached hydrogens (tertiary/aromatic N) is 1. The summed E-state index contributed by atoms with van der Waals surface area (Å²) in [5.41, 5.74) is 1.85. The van der Waals surface area contributed by atoms with Crippen molar-refractivity contribution in [3.05, 3.63) is 54.1 Å². The maximum Gasteiger partial charge on any atom is 0.322 e. The molecule has 0 bridgehead atoms. The number of methoxy groups -OCH3 is 1. The van der Waals surface area contributed by atoms with Crippen molar-refractivity contribution in [3.63, 3.8) is 0 Å². The largest absolute Gasteiger partial charge is 0.494 e. The highest BCUT2D eigenvalue weighted by molar-refractivity contribution is 5.90. The van der Waals surface area contributed by atoms with Gasteiger partial charge in [-0.1, -0.05) is 18.2 Å². The minimum atomic E-state index is -0.0922. The molecule has 1 saturated heterocycles. The van der Waals surface area contributed by atoms with Gasteiger partial charge in [-0.05, 0) is 49.6 Å². The van der Waals surface area contributed by atoms with Gasteiger partial charge in [-0.25, -0.2) is 4.79 Å². The van der Waals surface area contributed by atoms with Gasteiger partial charge >= 0.3 is 6.03 Å². The molecule has 0 spiro atoms. The molecule has 1 aliphatic rings. The van der Waals surface area contributed by atoms with Crippen molar-refractivity contribution in [2.75, 3.05) is 38.8 Å². The molecule has 1 fully saturated rings. The Hall–Kier alpha value is -2.73. The maximum absolute atomic E-state index is 12.9. The molecule has 0 radical (unpaired) electrons. The number of carbonyl (C=O) groups excluding carboxylic acids is 1. The molecule has 150 valence electrons. The van der Waals surface area contributed by atoms with Gasteiger partial charge in [-0.2, -0.15) is 0 Å². The summed E-state index contributed by atoms with van der Waals surface area (Å²) in [7, 11) is 1.64. The zero-order chi connectivity index (χ0) is 19.8. The van der Waals surface area contributed by atoms with E-state index in [1.54, 1.807) is 7.11 Å². The van der Waals surface area contributed by atoms with E-state index in [0.717, 1.165) is 36.4 Å². The van der Waals surface area contributed by atoms with Crippen molar-refractivity contribution in [2.24, 2.45) is 0 Å². The smallest absolute Gasteiger partial charge is 0.322 e. The lowest BCUT2D eigenvalue weighted by atomic mass is 10.0. The Morgan fingerprint density at radius 3 is 2.68 bits per heavy atom. The van der Waals surface area contributed by atoms with Crippen molar-refractivity contribution >= 4 is 11.7 Å². The van der Waals surface area contributed by atoms with Crippen LogP contribution in [0.2, 0.25) is 0 Å². The number of anilines is 1. The molecule has 2 aromatic rings. The Kier molecular flexibility index (Phi) is 7.14. The fourth-order valence-electron chi connectivity index (χ4n) is 3.41. The fraction of sp³-hybridized carbons (Fsp3) is 0.409. The highest BCUT2D eigenvalue weighted by Gasteiger charge is 2.30. The Bertz CT molecular complexity index is 763. The molecule has 28 heavy (non-hydrogen) atoms. The van der Waals surface area contributed by atoms with Gasteiger partial charge < -0.3 is 24.4 Å². The monoisotopic (exact) mass is 384 g/mol. The highest BCUT2D eigenvalue weighted by Crippen LogP contribution is 2.33. The third-order valence-electron chi connectivity index (χ3n) is 4.73. The third kappa shape index (κ3) is 5.16. The SMILES string of the molecule is CCOc1ccc(C2CCCN2C(=O)Nc2cccc(OCCOC)c2)cc1. The molecule has 3 rings (SSSR count). The van der Waals surface area contributed by atoms with Crippen LogP contribution in [0.25, 0.3) is 0 Å². The van der Waals surface area contributed by atoms with Gasteiger partial charge in [0.25, 0.3) is 0 Å². The summed E-state index contributed by atoms with van der Waals surface area (Å²) in [6.45, 7) is 4.35. The van der Waals surface area contributed by atoms with Crippen molar-refractivity contribution < 1.29 is 19.0 Å². The Morgan fingerprint density at radius 1 is 1.11 bits per heavy atom. The van der Waals surface area contributed by atoms with Crippen LogP contribution >= 0.6 is 0 Å². The molecule has 6 nitrogen and oxygen atoms in total. The van der Waals surface area contributed by atoms with Gasteiger partial charge in [0.1, 0.15) is 18.1 Å². The number of ether oxygens (including phenoxy) is 3. The van der Waals surface area contributed by atoms with Crippen LogP contribution in [0.15, 0.2) is 48.5 Å². The molecule has 1 aliphatic heterocycles. The van der Waals surface area contributed by atoms with Gasteiger partial charge in [0.2, 0.25) is 0 Å². The number of amides is 2. The van der Waals surface area contributed by atoms with E-state index in [2.05, 4.69) is 5.32 Å². The number of carbonyl (C=O) groups is 1. The molecule has 1 heterocycles. The fourth-order valence-corrected chi connectivity index (χ4v) is 3.41. The first-order chi connectivity index (χ1) is 13.7. The second-order valence-electron chi connectivity index (χ2n) is 6.65. The number of benzene rings is 2. The molecular weight excluding hydrogens is 356 g/mol. The number of hydrogen-bond donors (Lipinski definition) is 1. The molecular formula is C22H28N2O4. The lowest BCUT2D eigenvalue weighted by molar-refractivity contribution is 0.146. The van der Waals surface area contributed by atoms with Crippen molar-refractivity contribution in [3.8, 4) is 11.5 Å². The number of urea groups is 1. The Labute approximate surface area is 166 Å². The van der Waals surface area contributed by atoms with E-state index in [1.165, 1.54) is 0 Å². The average Bonchev–Trinajstić information content (AvgIpc) is 3.19. The van der Waals surface area contributed by atoms with Crippen LogP contribution in [0.3, 0.4) is 0 Å². The average molecular weight is 384 g/mol. The van der Waals surface area contributed by atoms with E-state index in [1.807, 2.05) is 60.4 Å². The van der Waals surface area contributed by atoms with E-state index in [0.29, 0.717) is 25.6 Å². The number of hydrogen-bond acceptors (Lipinski definition) is 4. The zero-order valence-electron chi connectivity index (χ0n) is 16.5. The minimum Gasteiger partial charge on any atom is -0.494 e. The Balaban J connectivity index is 1.64. The lowest BCUT2D eigenvalue weighted by Gasteiger charge is -2.25. The normalized spacial score (nSPS) is 16.1. The van der Waals surface area contributed by atoms with E-state index >= 15 is 0 Å². The summed E-state index contributed by atoms with van der Waals surface area (Å²) in [4.78, 5) is 14.8. The molecule has 0 aliphatic carbocycles. The molecule has 2 aromatic carbocycles. The van der Waals surface area contributed by atoms with E-state index in [9.17, 15) is 4.79 Å². The molecule has 2 amide bonds. The number of likely N-dealkylation sites (tertiary alicyclic amines) is 1. The van der Waals surface area contributed by atoms with Gasteiger partial charge in [0, 0.05) is 25.4 Å². The first kappa shape index (κ1) is 20.0. The lowest BCUT2D eigenvalue weighted by Crippen LogP contribution is -2.34. The van der Waals surface area contributed by atoms with Crippen LogP contribution in [0.1, 0.15) is 31.4 Å². The second kappa shape index (κ2) is 9.99. The second-order valence-corrected chi connectivity index (χ2v) is 6.65. The Morgan fingerprint density at radius 2 is 1.93 bits per heavy atom. The van der Waals surface area contributed by atoms with Crippen LogP contribution in [-0.2, 0) is 4.74 Å². The summed E-state index contributed by atoms with van der Waals surface area (Å²) >= 11 is 0. The van der Waals surface area contributed by atoms with Gasteiger partial charge in [0.15, 0.2) is 0 Å². The first-order valence-corrected chi connectivity index (χ1v) is 9.73. The standard InChI is InChI=1S/C22H28N2O4/c1-3-27-19-11-9-17(10-12-19)21-8-5-13-24(21)22(25)23-18-6-4-7-20(16-18)28-15-14-26-2/h4,6-7,9-12,16,21H,3,5,8,13-15H2,1-2H3,(H,23,25). The summed E-state index contributed by atoms with van der Waals surface area (Å²) in [6.07, 6.45) is 1.95.